The highest BCUT2D eigenvalue weighted by molar-refractivity contribution is 5.93. The van der Waals surface area contributed by atoms with Crippen molar-refractivity contribution >= 4 is 22.6 Å². The van der Waals surface area contributed by atoms with Crippen LogP contribution in [0.1, 0.15) is 25.3 Å². The summed E-state index contributed by atoms with van der Waals surface area (Å²) in [6, 6.07) is 7.66. The van der Waals surface area contributed by atoms with Crippen molar-refractivity contribution in [1.82, 2.24) is 0 Å². The molecule has 4 heteroatoms. The molecule has 1 radical (unpaired) electrons. The number of aryl methyl sites for hydroxylation is 1. The summed E-state index contributed by atoms with van der Waals surface area (Å²) < 4.78 is 5.05. The molecule has 0 fully saturated rings. The average Bonchev–Trinajstić information content (AvgIpc) is 2.30. The molecule has 93 valence electrons. The number of amides is 1. The number of carbonyl (C=O) groups excluding carboxylic acids is 1. The van der Waals surface area contributed by atoms with Crippen LogP contribution in [0.2, 0.25) is 0 Å². The fourth-order valence-electron chi connectivity index (χ4n) is 1.78. The van der Waals surface area contributed by atoms with Crippen LogP contribution in [0.5, 0.6) is 0 Å². The van der Waals surface area contributed by atoms with Crippen LogP contribution >= 0.6 is 0 Å². The predicted octanol–water partition coefficient (Wildman–Crippen LogP) is 2.64. The molecule has 1 N–H and O–H groups in total. The fourth-order valence-corrected chi connectivity index (χ4v) is 1.78. The normalized spacial score (nSPS) is 10.6. The Bertz CT molecular complexity index is 643. The number of benzene rings is 1. The Kier molecular flexibility index (Phi) is 3.46. The van der Waals surface area contributed by atoms with Gasteiger partial charge in [0.15, 0.2) is 0 Å². The smallest absolute Gasteiger partial charge is 0.336 e. The van der Waals surface area contributed by atoms with Crippen molar-refractivity contribution in [2.24, 2.45) is 0 Å². The maximum atomic E-state index is 11.5. The highest BCUT2D eigenvalue weighted by Gasteiger charge is 2.05. The Hall–Kier alpha value is -2.10. The van der Waals surface area contributed by atoms with Crippen molar-refractivity contribution in [3.05, 3.63) is 40.2 Å². The molecule has 0 atom stereocenters. The molecule has 1 amide bonds. The summed E-state index contributed by atoms with van der Waals surface area (Å²) in [6.07, 6.45) is 1.28. The summed E-state index contributed by atoms with van der Waals surface area (Å²) in [5.74, 6) is -0.0388. The summed E-state index contributed by atoms with van der Waals surface area (Å²) in [7, 11) is 0. The molecular weight excluding hydrogens is 230 g/mol. The van der Waals surface area contributed by atoms with E-state index in [4.69, 9.17) is 4.42 Å². The molecule has 2 aromatic rings. The van der Waals surface area contributed by atoms with Gasteiger partial charge in [0.25, 0.3) is 0 Å². The minimum Gasteiger partial charge on any atom is -0.423 e. The second-order valence-corrected chi connectivity index (χ2v) is 4.17. The lowest BCUT2D eigenvalue weighted by atomic mass is 10.1. The van der Waals surface area contributed by atoms with E-state index in [0.29, 0.717) is 17.7 Å². The molecule has 1 aromatic heterocycles. The van der Waals surface area contributed by atoms with E-state index in [0.717, 1.165) is 17.4 Å². The Labute approximate surface area is 105 Å². The molecule has 0 aliphatic rings. The highest BCUT2D eigenvalue weighted by Crippen LogP contribution is 2.20. The van der Waals surface area contributed by atoms with Crippen LogP contribution in [0.3, 0.4) is 0 Å². The van der Waals surface area contributed by atoms with E-state index >= 15 is 0 Å². The van der Waals surface area contributed by atoms with E-state index in [9.17, 15) is 9.59 Å². The molecule has 0 aliphatic carbocycles. The van der Waals surface area contributed by atoms with Crippen molar-refractivity contribution < 1.29 is 9.21 Å². The third-order valence-electron chi connectivity index (χ3n) is 2.63. The number of hydrogen-bond donors (Lipinski definition) is 1. The molecule has 1 aromatic carbocycles. The largest absolute Gasteiger partial charge is 0.423 e. The summed E-state index contributed by atoms with van der Waals surface area (Å²) in [6.45, 7) is 3.78. The number of rotatable bonds is 3. The van der Waals surface area contributed by atoms with Gasteiger partial charge in [0, 0.05) is 29.6 Å². The molecule has 0 unspecified atom stereocenters. The van der Waals surface area contributed by atoms with Crippen molar-refractivity contribution in [2.45, 2.75) is 26.7 Å². The molecule has 2 rings (SSSR count). The standard InChI is InChI=1S/C14H14NO3/c1-3-4-13(16)15-10-5-6-12-11(8-10)9(2)7-14(17)18-12/h6-8H,3-4H2,1-2H3,(H,15,16). The molecule has 0 saturated carbocycles. The van der Waals surface area contributed by atoms with E-state index in [1.165, 1.54) is 6.07 Å². The molecule has 0 aliphatic heterocycles. The summed E-state index contributed by atoms with van der Waals surface area (Å²) in [5, 5.41) is 3.57. The van der Waals surface area contributed by atoms with E-state index in [1.54, 1.807) is 12.1 Å². The van der Waals surface area contributed by atoms with E-state index < -0.39 is 0 Å². The summed E-state index contributed by atoms with van der Waals surface area (Å²) in [5.41, 5.74) is 1.52. The van der Waals surface area contributed by atoms with Gasteiger partial charge in [-0.05, 0) is 31.0 Å². The number of anilines is 1. The van der Waals surface area contributed by atoms with Crippen LogP contribution in [0, 0.1) is 13.0 Å². The van der Waals surface area contributed by atoms with Crippen LogP contribution < -0.4 is 10.9 Å². The molecule has 0 spiro atoms. The Morgan fingerprint density at radius 1 is 1.44 bits per heavy atom. The van der Waals surface area contributed by atoms with Crippen molar-refractivity contribution in [3.8, 4) is 0 Å². The van der Waals surface area contributed by atoms with E-state index in [-0.39, 0.29) is 11.5 Å². The van der Waals surface area contributed by atoms with Gasteiger partial charge in [-0.15, -0.1) is 0 Å². The lowest BCUT2D eigenvalue weighted by Crippen LogP contribution is -2.10. The van der Waals surface area contributed by atoms with Gasteiger partial charge < -0.3 is 9.73 Å². The Balaban J connectivity index is 2.38. The van der Waals surface area contributed by atoms with Crippen molar-refractivity contribution in [1.29, 1.82) is 0 Å². The van der Waals surface area contributed by atoms with Gasteiger partial charge >= 0.3 is 5.63 Å². The lowest BCUT2D eigenvalue weighted by Gasteiger charge is -2.06. The molecule has 1 heterocycles. The van der Waals surface area contributed by atoms with Gasteiger partial charge in [-0.1, -0.05) is 6.92 Å². The maximum absolute atomic E-state index is 11.5. The molecule has 18 heavy (non-hydrogen) atoms. The first kappa shape index (κ1) is 12.4. The maximum Gasteiger partial charge on any atom is 0.336 e. The first-order valence-corrected chi connectivity index (χ1v) is 5.86. The third-order valence-corrected chi connectivity index (χ3v) is 2.63. The van der Waals surface area contributed by atoms with Gasteiger partial charge in [0.05, 0.1) is 0 Å². The zero-order valence-electron chi connectivity index (χ0n) is 10.4. The molecular formula is C14H14NO3. The molecule has 0 saturated heterocycles. The van der Waals surface area contributed by atoms with E-state index in [2.05, 4.69) is 11.4 Å². The number of hydrogen-bond acceptors (Lipinski definition) is 3. The zero-order chi connectivity index (χ0) is 13.1. The number of carbonyl (C=O) groups is 1. The van der Waals surface area contributed by atoms with Crippen LogP contribution in [0.4, 0.5) is 5.69 Å². The molecule has 4 nitrogen and oxygen atoms in total. The first-order chi connectivity index (χ1) is 8.60. The van der Waals surface area contributed by atoms with Crippen molar-refractivity contribution in [3.63, 3.8) is 0 Å². The van der Waals surface area contributed by atoms with Crippen LogP contribution in [0.15, 0.2) is 27.4 Å². The fraction of sp³-hybridized carbons (Fsp3) is 0.286. The first-order valence-electron chi connectivity index (χ1n) is 5.86. The van der Waals surface area contributed by atoms with Gasteiger partial charge in [-0.3, -0.25) is 4.79 Å². The minimum absolute atomic E-state index is 0.0388. The number of nitrogens with one attached hydrogen (secondary N) is 1. The van der Waals surface area contributed by atoms with Gasteiger partial charge in [0.1, 0.15) is 5.58 Å². The SMILES string of the molecule is CCCC(=O)Nc1[c]cc2oc(=O)cc(C)c2c1. The Morgan fingerprint density at radius 3 is 2.94 bits per heavy atom. The van der Waals surface area contributed by atoms with Crippen LogP contribution in [0.25, 0.3) is 11.0 Å². The summed E-state index contributed by atoms with van der Waals surface area (Å²) in [4.78, 5) is 22.7. The summed E-state index contributed by atoms with van der Waals surface area (Å²) >= 11 is 0. The quantitative estimate of drug-likeness (QED) is 0.844. The third kappa shape index (κ3) is 2.59. The topological polar surface area (TPSA) is 59.3 Å². The van der Waals surface area contributed by atoms with E-state index in [1.807, 2.05) is 13.8 Å². The highest BCUT2D eigenvalue weighted by atomic mass is 16.4. The van der Waals surface area contributed by atoms with Crippen LogP contribution in [-0.2, 0) is 4.79 Å². The van der Waals surface area contributed by atoms with Gasteiger partial charge in [0.2, 0.25) is 5.91 Å². The monoisotopic (exact) mass is 244 g/mol. The lowest BCUT2D eigenvalue weighted by molar-refractivity contribution is -0.116. The Morgan fingerprint density at radius 2 is 2.22 bits per heavy atom. The van der Waals surface area contributed by atoms with Gasteiger partial charge in [-0.25, -0.2) is 4.79 Å². The van der Waals surface area contributed by atoms with Crippen molar-refractivity contribution in [2.75, 3.05) is 5.32 Å². The van der Waals surface area contributed by atoms with Gasteiger partial charge in [-0.2, -0.15) is 0 Å². The minimum atomic E-state index is -0.379. The van der Waals surface area contributed by atoms with Crippen LogP contribution in [-0.4, -0.2) is 5.91 Å². The predicted molar refractivity (Wildman–Crippen MR) is 69.6 cm³/mol. The number of fused-ring (bicyclic) bond motifs is 1. The molecule has 0 bridgehead atoms. The average molecular weight is 244 g/mol. The second-order valence-electron chi connectivity index (χ2n) is 4.17. The zero-order valence-corrected chi connectivity index (χ0v) is 10.4. The second kappa shape index (κ2) is 5.04.